The lowest BCUT2D eigenvalue weighted by atomic mass is 10.0. The van der Waals surface area contributed by atoms with Crippen molar-refractivity contribution < 1.29 is 4.79 Å². The second-order valence-electron chi connectivity index (χ2n) is 6.89. The van der Waals surface area contributed by atoms with Gasteiger partial charge >= 0.3 is 0 Å². The number of carbonyl (C=O) groups is 1. The molecule has 0 aliphatic rings. The fourth-order valence-electron chi connectivity index (χ4n) is 3.17. The Bertz CT molecular complexity index is 674. The maximum absolute atomic E-state index is 12.7. The van der Waals surface area contributed by atoms with Crippen molar-refractivity contribution in [1.82, 2.24) is 14.5 Å². The summed E-state index contributed by atoms with van der Waals surface area (Å²) in [6, 6.07) is 9.71. The first kappa shape index (κ1) is 26.4. The summed E-state index contributed by atoms with van der Waals surface area (Å²) in [7, 11) is 0. The number of halogens is 2. The molecule has 1 heterocycles. The first-order chi connectivity index (χ1) is 12.6. The molecule has 1 atom stereocenters. The lowest BCUT2D eigenvalue weighted by Gasteiger charge is -2.27. The van der Waals surface area contributed by atoms with Crippen LogP contribution in [0.4, 0.5) is 0 Å². The number of imidazole rings is 1. The monoisotopic (exact) mass is 428 g/mol. The Morgan fingerprint density at radius 2 is 1.79 bits per heavy atom. The van der Waals surface area contributed by atoms with Crippen LogP contribution in [-0.2, 0) is 17.8 Å². The van der Waals surface area contributed by atoms with Gasteiger partial charge in [0.1, 0.15) is 0 Å². The molecule has 0 spiro atoms. The normalized spacial score (nSPS) is 11.5. The highest BCUT2D eigenvalue weighted by molar-refractivity contribution is 5.85. The van der Waals surface area contributed by atoms with Crippen LogP contribution in [0.2, 0.25) is 0 Å². The van der Waals surface area contributed by atoms with E-state index in [4.69, 9.17) is 5.73 Å². The van der Waals surface area contributed by atoms with Crippen molar-refractivity contribution in [2.45, 2.75) is 52.6 Å². The topological polar surface area (TPSA) is 64.2 Å². The van der Waals surface area contributed by atoms with E-state index in [1.807, 2.05) is 40.8 Å². The highest BCUT2D eigenvalue weighted by atomic mass is 35.5. The summed E-state index contributed by atoms with van der Waals surface area (Å²) in [4.78, 5) is 19.0. The average molecular weight is 429 g/mol. The molecule has 5 nitrogen and oxygen atoms in total. The largest absolute Gasteiger partial charge is 0.341 e. The molecular formula is C21H34Cl2N4O. The van der Waals surface area contributed by atoms with Gasteiger partial charge in [0, 0.05) is 32.3 Å². The molecule has 1 aromatic heterocycles. The quantitative estimate of drug-likeness (QED) is 0.623. The van der Waals surface area contributed by atoms with Gasteiger partial charge in [-0.05, 0) is 18.4 Å². The zero-order chi connectivity index (χ0) is 18.9. The number of nitrogens with two attached hydrogens (primary N) is 1. The van der Waals surface area contributed by atoms with E-state index in [1.54, 1.807) is 6.33 Å². The molecule has 1 amide bonds. The summed E-state index contributed by atoms with van der Waals surface area (Å²) in [6.45, 7) is 8.62. The molecule has 2 rings (SSSR count). The Morgan fingerprint density at radius 3 is 2.36 bits per heavy atom. The summed E-state index contributed by atoms with van der Waals surface area (Å²) in [5.41, 5.74) is 8.29. The highest BCUT2D eigenvalue weighted by Gasteiger charge is 2.22. The van der Waals surface area contributed by atoms with E-state index in [2.05, 4.69) is 31.0 Å². The van der Waals surface area contributed by atoms with Crippen molar-refractivity contribution in [3.05, 3.63) is 54.1 Å². The van der Waals surface area contributed by atoms with Crippen molar-refractivity contribution in [3.63, 3.8) is 0 Å². The predicted octanol–water partition coefficient (Wildman–Crippen LogP) is 3.93. The van der Waals surface area contributed by atoms with Gasteiger partial charge in [-0.3, -0.25) is 4.79 Å². The van der Waals surface area contributed by atoms with E-state index in [-0.39, 0.29) is 30.7 Å². The van der Waals surface area contributed by atoms with Crippen LogP contribution >= 0.6 is 24.8 Å². The fourth-order valence-corrected chi connectivity index (χ4v) is 3.17. The van der Waals surface area contributed by atoms with Gasteiger partial charge in [0.05, 0.1) is 18.1 Å². The number of benzene rings is 1. The maximum atomic E-state index is 12.7. The Labute approximate surface area is 181 Å². The van der Waals surface area contributed by atoms with Gasteiger partial charge in [0.15, 0.2) is 0 Å². The molecule has 28 heavy (non-hydrogen) atoms. The third-order valence-corrected chi connectivity index (χ3v) is 4.97. The van der Waals surface area contributed by atoms with Crippen molar-refractivity contribution in [2.75, 3.05) is 13.1 Å². The minimum atomic E-state index is -0.538. The zero-order valence-corrected chi connectivity index (χ0v) is 18.7. The lowest BCUT2D eigenvalue weighted by molar-refractivity contribution is -0.133. The number of rotatable bonds is 10. The summed E-state index contributed by atoms with van der Waals surface area (Å²) < 4.78 is 2.03. The highest BCUT2D eigenvalue weighted by Crippen LogP contribution is 2.12. The first-order valence-electron chi connectivity index (χ1n) is 9.66. The number of aromatic nitrogens is 2. The molecule has 2 N–H and O–H groups in total. The van der Waals surface area contributed by atoms with E-state index in [1.165, 1.54) is 5.56 Å². The first-order valence-corrected chi connectivity index (χ1v) is 9.66. The minimum absolute atomic E-state index is 0. The van der Waals surface area contributed by atoms with E-state index in [0.29, 0.717) is 18.9 Å². The molecule has 0 saturated carbocycles. The molecule has 1 aromatic carbocycles. The molecule has 7 heteroatoms. The Morgan fingerprint density at radius 1 is 1.14 bits per heavy atom. The van der Waals surface area contributed by atoms with Crippen molar-refractivity contribution in [2.24, 2.45) is 11.7 Å². The smallest absolute Gasteiger partial charge is 0.239 e. The molecular weight excluding hydrogens is 395 g/mol. The molecule has 0 saturated heterocycles. The van der Waals surface area contributed by atoms with Crippen LogP contribution in [0.15, 0.2) is 42.9 Å². The van der Waals surface area contributed by atoms with E-state index in [0.717, 1.165) is 31.6 Å². The van der Waals surface area contributed by atoms with Crippen LogP contribution in [0.3, 0.4) is 0 Å². The number of likely N-dealkylation sites (N-methyl/N-ethyl adjacent to an activating group) is 1. The molecule has 0 unspecified atom stereocenters. The van der Waals surface area contributed by atoms with Gasteiger partial charge < -0.3 is 15.2 Å². The summed E-state index contributed by atoms with van der Waals surface area (Å²) in [6.07, 6.45) is 6.43. The zero-order valence-electron chi connectivity index (χ0n) is 17.1. The van der Waals surface area contributed by atoms with Gasteiger partial charge in [0.25, 0.3) is 0 Å². The van der Waals surface area contributed by atoms with E-state index in [9.17, 15) is 4.79 Å². The summed E-state index contributed by atoms with van der Waals surface area (Å²) in [5, 5.41) is 0. The van der Waals surface area contributed by atoms with Crippen LogP contribution < -0.4 is 5.73 Å². The van der Waals surface area contributed by atoms with Crippen molar-refractivity contribution in [3.8, 4) is 0 Å². The molecule has 0 bridgehead atoms. The molecule has 0 aliphatic carbocycles. The van der Waals surface area contributed by atoms with Crippen molar-refractivity contribution >= 4 is 30.7 Å². The Balaban J connectivity index is 0.00000364. The number of nitrogens with zero attached hydrogens (tertiary/aromatic N) is 3. The molecule has 0 fully saturated rings. The summed E-state index contributed by atoms with van der Waals surface area (Å²) >= 11 is 0. The lowest BCUT2D eigenvalue weighted by Crippen LogP contribution is -2.46. The van der Waals surface area contributed by atoms with Crippen molar-refractivity contribution in [1.29, 1.82) is 0 Å². The molecule has 0 aliphatic heterocycles. The molecule has 0 radical (unpaired) electrons. The summed E-state index contributed by atoms with van der Waals surface area (Å²) in [5.74, 6) is 0.563. The molecule has 2 aromatic rings. The standard InChI is InChI=1S/C21H32N4O.2ClH/c1-4-17(5-2)14-25(6-3)21(26)20(22)12-19-15-24(16-23-19)13-18-10-8-7-9-11-18;;/h7-11,15-17,20H,4-6,12-14,22H2,1-3H3;2*1H/t20-;;/m0../s1. The maximum Gasteiger partial charge on any atom is 0.239 e. The van der Waals surface area contributed by atoms with E-state index >= 15 is 0 Å². The third kappa shape index (κ3) is 7.82. The van der Waals surface area contributed by atoms with Gasteiger partial charge in [-0.25, -0.2) is 4.98 Å². The van der Waals surface area contributed by atoms with Gasteiger partial charge in [-0.15, -0.1) is 24.8 Å². The number of carbonyl (C=O) groups excluding carboxylic acids is 1. The SMILES string of the molecule is CCC(CC)CN(CC)C(=O)[C@@H](N)Cc1cn(Cc2ccccc2)cn1.Cl.Cl. The number of hydrogen-bond donors (Lipinski definition) is 1. The fraction of sp³-hybridized carbons (Fsp3) is 0.524. The van der Waals surface area contributed by atoms with Crippen LogP contribution in [0.25, 0.3) is 0 Å². The number of hydrogen-bond acceptors (Lipinski definition) is 3. The number of amides is 1. The second kappa shape index (κ2) is 13.6. The minimum Gasteiger partial charge on any atom is -0.341 e. The van der Waals surface area contributed by atoms with Crippen LogP contribution in [-0.4, -0.2) is 39.5 Å². The molecule has 158 valence electrons. The van der Waals surface area contributed by atoms with Gasteiger partial charge in [-0.2, -0.15) is 0 Å². The average Bonchev–Trinajstić information content (AvgIpc) is 3.10. The van der Waals surface area contributed by atoms with Gasteiger partial charge in [-0.1, -0.05) is 57.0 Å². The predicted molar refractivity (Wildman–Crippen MR) is 120 cm³/mol. The van der Waals surface area contributed by atoms with Crippen LogP contribution in [0.5, 0.6) is 0 Å². The second-order valence-corrected chi connectivity index (χ2v) is 6.89. The van der Waals surface area contributed by atoms with Gasteiger partial charge in [0.2, 0.25) is 5.91 Å². The Kier molecular flexibility index (Phi) is 12.8. The third-order valence-electron chi connectivity index (χ3n) is 4.97. The van der Waals surface area contributed by atoms with Crippen LogP contribution in [0.1, 0.15) is 44.9 Å². The van der Waals surface area contributed by atoms with Crippen LogP contribution in [0, 0.1) is 5.92 Å². The Hall–Kier alpha value is -1.56. The van der Waals surface area contributed by atoms with E-state index < -0.39 is 6.04 Å².